The van der Waals surface area contributed by atoms with Gasteiger partial charge < -0.3 is 14.8 Å². The Morgan fingerprint density at radius 3 is 2.29 bits per heavy atom. The first-order valence-corrected chi connectivity index (χ1v) is 11.2. The van der Waals surface area contributed by atoms with Crippen LogP contribution in [0.1, 0.15) is 56.9 Å². The zero-order chi connectivity index (χ0) is 24.8. The Bertz CT molecular complexity index is 1220. The molecule has 1 N–H and O–H groups in total. The standard InChI is InChI=1S/C27H26ClNO5/c1-5-24(30)29-22-15-23(33-4)20(14-21(22)28)27(32)34-26(18-9-7-6-8-10-18)25(31)19-12-11-16(2)17(3)13-19/h6-15,26H,5H2,1-4H3,(H,29,30)/t26-/m0/s1. The van der Waals surface area contributed by atoms with E-state index < -0.39 is 12.1 Å². The van der Waals surface area contributed by atoms with Crippen molar-refractivity contribution in [3.8, 4) is 5.75 Å². The quantitative estimate of drug-likeness (QED) is 0.312. The lowest BCUT2D eigenvalue weighted by atomic mass is 9.97. The van der Waals surface area contributed by atoms with E-state index in [-0.39, 0.29) is 34.4 Å². The average Bonchev–Trinajstić information content (AvgIpc) is 2.85. The van der Waals surface area contributed by atoms with Gasteiger partial charge in [0.15, 0.2) is 6.10 Å². The second kappa shape index (κ2) is 11.0. The molecule has 0 heterocycles. The third-order valence-electron chi connectivity index (χ3n) is 5.46. The zero-order valence-corrected chi connectivity index (χ0v) is 20.2. The van der Waals surface area contributed by atoms with Gasteiger partial charge in [-0.1, -0.05) is 61.0 Å². The second-order valence-corrected chi connectivity index (χ2v) is 8.20. The molecule has 7 heteroatoms. The summed E-state index contributed by atoms with van der Waals surface area (Å²) in [5.41, 5.74) is 3.34. The topological polar surface area (TPSA) is 81.7 Å². The van der Waals surface area contributed by atoms with Crippen LogP contribution in [0.5, 0.6) is 5.75 Å². The fraction of sp³-hybridized carbons (Fsp3) is 0.222. The molecule has 0 radical (unpaired) electrons. The normalized spacial score (nSPS) is 11.4. The van der Waals surface area contributed by atoms with Crippen molar-refractivity contribution in [1.29, 1.82) is 0 Å². The molecule has 1 atom stereocenters. The predicted molar refractivity (Wildman–Crippen MR) is 132 cm³/mol. The van der Waals surface area contributed by atoms with E-state index >= 15 is 0 Å². The number of benzene rings is 3. The summed E-state index contributed by atoms with van der Waals surface area (Å²) in [7, 11) is 1.39. The highest BCUT2D eigenvalue weighted by atomic mass is 35.5. The summed E-state index contributed by atoms with van der Waals surface area (Å²) in [6.07, 6.45) is -0.902. The van der Waals surface area contributed by atoms with Gasteiger partial charge in [-0.25, -0.2) is 4.79 Å². The molecule has 6 nitrogen and oxygen atoms in total. The van der Waals surface area contributed by atoms with Crippen LogP contribution in [0, 0.1) is 13.8 Å². The second-order valence-electron chi connectivity index (χ2n) is 7.79. The minimum Gasteiger partial charge on any atom is -0.496 e. The third-order valence-corrected chi connectivity index (χ3v) is 5.77. The number of aryl methyl sites for hydroxylation is 2. The number of methoxy groups -OCH3 is 1. The number of esters is 1. The Labute approximate surface area is 203 Å². The number of carbonyl (C=O) groups excluding carboxylic acids is 3. The van der Waals surface area contributed by atoms with Gasteiger partial charge in [-0.2, -0.15) is 0 Å². The predicted octanol–water partition coefficient (Wildman–Crippen LogP) is 6.09. The van der Waals surface area contributed by atoms with Gasteiger partial charge in [0.1, 0.15) is 11.3 Å². The van der Waals surface area contributed by atoms with E-state index in [9.17, 15) is 14.4 Å². The zero-order valence-electron chi connectivity index (χ0n) is 19.5. The van der Waals surface area contributed by atoms with E-state index in [1.807, 2.05) is 26.0 Å². The first-order chi connectivity index (χ1) is 16.2. The van der Waals surface area contributed by atoms with Crippen LogP contribution in [0.2, 0.25) is 5.02 Å². The summed E-state index contributed by atoms with van der Waals surface area (Å²) < 4.78 is 11.1. The summed E-state index contributed by atoms with van der Waals surface area (Å²) in [6, 6.07) is 17.0. The number of nitrogens with one attached hydrogen (secondary N) is 1. The van der Waals surface area contributed by atoms with Gasteiger partial charge in [0.2, 0.25) is 11.7 Å². The minimum absolute atomic E-state index is 0.0378. The van der Waals surface area contributed by atoms with Crippen molar-refractivity contribution in [2.75, 3.05) is 12.4 Å². The largest absolute Gasteiger partial charge is 0.496 e. The van der Waals surface area contributed by atoms with Crippen molar-refractivity contribution in [2.45, 2.75) is 33.3 Å². The molecule has 0 unspecified atom stereocenters. The molecule has 0 bridgehead atoms. The van der Waals surface area contributed by atoms with E-state index in [2.05, 4.69) is 5.32 Å². The van der Waals surface area contributed by atoms with Gasteiger partial charge in [0.05, 0.1) is 17.8 Å². The Hall–Kier alpha value is -3.64. The number of rotatable bonds is 8. The SMILES string of the molecule is CCC(=O)Nc1cc(OC)c(C(=O)O[C@H](C(=O)c2ccc(C)c(C)c2)c2ccccc2)cc1Cl. The van der Waals surface area contributed by atoms with Crippen LogP contribution in [0.4, 0.5) is 5.69 Å². The van der Waals surface area contributed by atoms with Crippen LogP contribution >= 0.6 is 11.6 Å². The van der Waals surface area contributed by atoms with Crippen LogP contribution in [-0.2, 0) is 9.53 Å². The van der Waals surface area contributed by atoms with Crippen LogP contribution in [0.15, 0.2) is 60.7 Å². The molecule has 3 aromatic carbocycles. The van der Waals surface area contributed by atoms with Crippen molar-refractivity contribution in [2.24, 2.45) is 0 Å². The lowest BCUT2D eigenvalue weighted by molar-refractivity contribution is -0.115. The van der Waals surface area contributed by atoms with Crippen molar-refractivity contribution < 1.29 is 23.9 Å². The number of halogens is 1. The molecule has 0 fully saturated rings. The highest BCUT2D eigenvalue weighted by Crippen LogP contribution is 2.33. The molecule has 0 aliphatic heterocycles. The van der Waals surface area contributed by atoms with Crippen LogP contribution < -0.4 is 10.1 Å². The first kappa shape index (κ1) is 25.0. The Kier molecular flexibility index (Phi) is 8.08. The van der Waals surface area contributed by atoms with Crippen molar-refractivity contribution in [3.05, 3.63) is 93.5 Å². The number of ether oxygens (including phenoxy) is 2. The van der Waals surface area contributed by atoms with E-state index in [1.54, 1.807) is 43.3 Å². The number of ketones is 1. The van der Waals surface area contributed by atoms with Gasteiger partial charge in [0, 0.05) is 23.6 Å². The molecule has 0 saturated carbocycles. The summed E-state index contributed by atoms with van der Waals surface area (Å²) in [4.78, 5) is 38.4. The van der Waals surface area contributed by atoms with Crippen LogP contribution in [-0.4, -0.2) is 24.8 Å². The monoisotopic (exact) mass is 479 g/mol. The Morgan fingerprint density at radius 2 is 1.68 bits per heavy atom. The maximum absolute atomic E-state index is 13.4. The van der Waals surface area contributed by atoms with E-state index in [4.69, 9.17) is 21.1 Å². The number of Topliss-reactive ketones (excluding diaryl/α,β-unsaturated/α-hetero) is 1. The third kappa shape index (κ3) is 5.64. The molecular formula is C27H26ClNO5. The number of hydrogen-bond acceptors (Lipinski definition) is 5. The smallest absolute Gasteiger partial charge is 0.343 e. The lowest BCUT2D eigenvalue weighted by Gasteiger charge is -2.19. The molecule has 0 aliphatic carbocycles. The fourth-order valence-corrected chi connectivity index (χ4v) is 3.54. The molecule has 1 amide bonds. The Balaban J connectivity index is 1.97. The van der Waals surface area contributed by atoms with E-state index in [0.717, 1.165) is 11.1 Å². The van der Waals surface area contributed by atoms with Crippen molar-refractivity contribution in [3.63, 3.8) is 0 Å². The van der Waals surface area contributed by atoms with E-state index in [1.165, 1.54) is 19.2 Å². The molecule has 0 saturated heterocycles. The molecule has 0 aromatic heterocycles. The van der Waals surface area contributed by atoms with Gasteiger partial charge >= 0.3 is 5.97 Å². The van der Waals surface area contributed by atoms with Crippen LogP contribution in [0.3, 0.4) is 0 Å². The summed E-state index contributed by atoms with van der Waals surface area (Å²) in [5.74, 6) is -1.20. The minimum atomic E-state index is -1.17. The molecule has 176 valence electrons. The van der Waals surface area contributed by atoms with Crippen LogP contribution in [0.25, 0.3) is 0 Å². The lowest BCUT2D eigenvalue weighted by Crippen LogP contribution is -2.21. The number of anilines is 1. The molecule has 0 aliphatic rings. The van der Waals surface area contributed by atoms with Gasteiger partial charge in [0.25, 0.3) is 0 Å². The van der Waals surface area contributed by atoms with Gasteiger partial charge in [-0.05, 0) is 37.1 Å². The Morgan fingerprint density at radius 1 is 0.971 bits per heavy atom. The maximum atomic E-state index is 13.4. The first-order valence-electron chi connectivity index (χ1n) is 10.8. The van der Waals surface area contributed by atoms with E-state index in [0.29, 0.717) is 16.8 Å². The van der Waals surface area contributed by atoms with Crippen molar-refractivity contribution in [1.82, 2.24) is 0 Å². The molecule has 34 heavy (non-hydrogen) atoms. The summed E-state index contributed by atoms with van der Waals surface area (Å²) in [6.45, 7) is 5.59. The number of carbonyl (C=O) groups is 3. The number of amides is 1. The molecule has 3 rings (SSSR count). The summed E-state index contributed by atoms with van der Waals surface area (Å²) >= 11 is 6.30. The molecule has 0 spiro atoms. The molecular weight excluding hydrogens is 454 g/mol. The summed E-state index contributed by atoms with van der Waals surface area (Å²) in [5, 5.41) is 2.80. The number of hydrogen-bond donors (Lipinski definition) is 1. The van der Waals surface area contributed by atoms with Gasteiger partial charge in [-0.15, -0.1) is 0 Å². The molecule has 3 aromatic rings. The van der Waals surface area contributed by atoms with Crippen molar-refractivity contribution >= 4 is 34.9 Å². The maximum Gasteiger partial charge on any atom is 0.343 e. The highest BCUT2D eigenvalue weighted by molar-refractivity contribution is 6.34. The highest BCUT2D eigenvalue weighted by Gasteiger charge is 2.29. The average molecular weight is 480 g/mol. The fourth-order valence-electron chi connectivity index (χ4n) is 3.33. The van der Waals surface area contributed by atoms with Gasteiger partial charge in [-0.3, -0.25) is 9.59 Å².